The fourth-order valence-electron chi connectivity index (χ4n) is 1.55. The Morgan fingerprint density at radius 2 is 2.14 bits per heavy atom. The Hall–Kier alpha value is -1.77. The molecule has 0 amide bonds. The third kappa shape index (κ3) is 1.27. The van der Waals surface area contributed by atoms with Crippen molar-refractivity contribution in [1.29, 1.82) is 0 Å². The standard InChI is InChI=1S/C11H12N2O/c1-7-5-9-8(6-10(7)14-2)3-4-13-11(9)12/h3-6H,1-2H3,(H2,12,13). The fourth-order valence-corrected chi connectivity index (χ4v) is 1.55. The highest BCUT2D eigenvalue weighted by Crippen LogP contribution is 2.27. The van der Waals surface area contributed by atoms with Crippen LogP contribution in [0.1, 0.15) is 5.56 Å². The summed E-state index contributed by atoms with van der Waals surface area (Å²) in [5.74, 6) is 1.44. The highest BCUT2D eigenvalue weighted by atomic mass is 16.5. The number of ether oxygens (including phenoxy) is 1. The fraction of sp³-hybridized carbons (Fsp3) is 0.182. The third-order valence-corrected chi connectivity index (χ3v) is 2.31. The summed E-state index contributed by atoms with van der Waals surface area (Å²) in [5.41, 5.74) is 6.83. The number of nitrogens with zero attached hydrogens (tertiary/aromatic N) is 1. The van der Waals surface area contributed by atoms with Crippen molar-refractivity contribution in [2.45, 2.75) is 6.92 Å². The Balaban J connectivity index is 2.79. The molecule has 0 saturated heterocycles. The van der Waals surface area contributed by atoms with Crippen LogP contribution in [0.15, 0.2) is 24.4 Å². The minimum absolute atomic E-state index is 0.563. The van der Waals surface area contributed by atoms with Crippen molar-refractivity contribution in [2.24, 2.45) is 0 Å². The van der Waals surface area contributed by atoms with Gasteiger partial charge in [0.25, 0.3) is 0 Å². The van der Waals surface area contributed by atoms with Crippen LogP contribution in [0.25, 0.3) is 10.8 Å². The second-order valence-corrected chi connectivity index (χ2v) is 3.24. The normalized spacial score (nSPS) is 10.4. The predicted molar refractivity (Wildman–Crippen MR) is 57.4 cm³/mol. The summed E-state index contributed by atoms with van der Waals surface area (Å²) in [7, 11) is 1.67. The van der Waals surface area contributed by atoms with Crippen molar-refractivity contribution < 1.29 is 4.74 Å². The van der Waals surface area contributed by atoms with Gasteiger partial charge in [-0.15, -0.1) is 0 Å². The lowest BCUT2D eigenvalue weighted by Gasteiger charge is -2.07. The van der Waals surface area contributed by atoms with Crippen molar-refractivity contribution in [2.75, 3.05) is 12.8 Å². The van der Waals surface area contributed by atoms with E-state index < -0.39 is 0 Å². The van der Waals surface area contributed by atoms with Crippen LogP contribution in [0.2, 0.25) is 0 Å². The molecule has 0 aliphatic carbocycles. The van der Waals surface area contributed by atoms with Crippen LogP contribution < -0.4 is 10.5 Å². The molecular formula is C11H12N2O. The van der Waals surface area contributed by atoms with Gasteiger partial charge in [-0.05, 0) is 36.1 Å². The first-order valence-corrected chi connectivity index (χ1v) is 4.41. The number of anilines is 1. The number of hydrogen-bond donors (Lipinski definition) is 1. The smallest absolute Gasteiger partial charge is 0.131 e. The average molecular weight is 188 g/mol. The van der Waals surface area contributed by atoms with Gasteiger partial charge in [0.2, 0.25) is 0 Å². The lowest BCUT2D eigenvalue weighted by atomic mass is 10.1. The predicted octanol–water partition coefficient (Wildman–Crippen LogP) is 2.13. The summed E-state index contributed by atoms with van der Waals surface area (Å²) in [6.07, 6.45) is 1.70. The van der Waals surface area contributed by atoms with Gasteiger partial charge in [-0.1, -0.05) is 0 Å². The van der Waals surface area contributed by atoms with Gasteiger partial charge in [0.1, 0.15) is 11.6 Å². The van der Waals surface area contributed by atoms with Crippen molar-refractivity contribution in [1.82, 2.24) is 4.98 Å². The van der Waals surface area contributed by atoms with E-state index in [0.29, 0.717) is 5.82 Å². The lowest BCUT2D eigenvalue weighted by molar-refractivity contribution is 0.412. The van der Waals surface area contributed by atoms with Gasteiger partial charge in [0, 0.05) is 11.6 Å². The minimum atomic E-state index is 0.563. The summed E-state index contributed by atoms with van der Waals surface area (Å²) < 4.78 is 5.23. The molecule has 1 heterocycles. The van der Waals surface area contributed by atoms with Gasteiger partial charge < -0.3 is 10.5 Å². The minimum Gasteiger partial charge on any atom is -0.496 e. The zero-order chi connectivity index (χ0) is 10.1. The summed E-state index contributed by atoms with van der Waals surface area (Å²) in [5, 5.41) is 2.03. The number of pyridine rings is 1. The first-order valence-electron chi connectivity index (χ1n) is 4.41. The largest absolute Gasteiger partial charge is 0.496 e. The first-order chi connectivity index (χ1) is 6.72. The van der Waals surface area contributed by atoms with Gasteiger partial charge in [0.15, 0.2) is 0 Å². The Morgan fingerprint density at radius 3 is 2.86 bits per heavy atom. The molecular weight excluding hydrogens is 176 g/mol. The van der Waals surface area contributed by atoms with Gasteiger partial charge in [0.05, 0.1) is 7.11 Å². The van der Waals surface area contributed by atoms with Crippen LogP contribution in [0.4, 0.5) is 5.82 Å². The average Bonchev–Trinajstić information content (AvgIpc) is 2.19. The molecule has 0 aliphatic heterocycles. The SMILES string of the molecule is COc1cc2ccnc(N)c2cc1C. The molecule has 0 unspecified atom stereocenters. The van der Waals surface area contributed by atoms with Crippen LogP contribution in [0, 0.1) is 6.92 Å². The van der Waals surface area contributed by atoms with E-state index in [2.05, 4.69) is 4.98 Å². The van der Waals surface area contributed by atoms with Gasteiger partial charge in [-0.3, -0.25) is 0 Å². The number of nitrogen functional groups attached to an aromatic ring is 1. The van der Waals surface area contributed by atoms with E-state index in [9.17, 15) is 0 Å². The van der Waals surface area contributed by atoms with Crippen LogP contribution in [0.5, 0.6) is 5.75 Å². The molecule has 2 aromatic rings. The van der Waals surface area contributed by atoms with Crippen molar-refractivity contribution >= 4 is 16.6 Å². The highest BCUT2D eigenvalue weighted by Gasteiger charge is 2.03. The maximum absolute atomic E-state index is 5.76. The second kappa shape index (κ2) is 3.18. The molecule has 0 aliphatic rings. The maximum atomic E-state index is 5.76. The molecule has 0 radical (unpaired) electrons. The van der Waals surface area contributed by atoms with Gasteiger partial charge in [-0.25, -0.2) is 4.98 Å². The Labute approximate surface area is 82.5 Å². The van der Waals surface area contributed by atoms with Crippen molar-refractivity contribution in [3.05, 3.63) is 30.0 Å². The molecule has 1 aromatic heterocycles. The molecule has 1 aromatic carbocycles. The number of aryl methyl sites for hydroxylation is 1. The van der Waals surface area contributed by atoms with E-state index in [1.54, 1.807) is 13.3 Å². The number of methoxy groups -OCH3 is 1. The van der Waals surface area contributed by atoms with E-state index in [4.69, 9.17) is 10.5 Å². The molecule has 3 nitrogen and oxygen atoms in total. The number of hydrogen-bond acceptors (Lipinski definition) is 3. The molecule has 72 valence electrons. The van der Waals surface area contributed by atoms with Crippen LogP contribution in [0.3, 0.4) is 0 Å². The second-order valence-electron chi connectivity index (χ2n) is 3.24. The van der Waals surface area contributed by atoms with Crippen LogP contribution in [-0.4, -0.2) is 12.1 Å². The molecule has 0 bridgehead atoms. The zero-order valence-corrected chi connectivity index (χ0v) is 8.24. The molecule has 14 heavy (non-hydrogen) atoms. The zero-order valence-electron chi connectivity index (χ0n) is 8.24. The Bertz CT molecular complexity index is 480. The number of aromatic nitrogens is 1. The Kier molecular flexibility index (Phi) is 2.00. The van der Waals surface area contributed by atoms with E-state index in [1.165, 1.54) is 0 Å². The number of fused-ring (bicyclic) bond motifs is 1. The quantitative estimate of drug-likeness (QED) is 0.745. The van der Waals surface area contributed by atoms with E-state index in [1.807, 2.05) is 25.1 Å². The number of nitrogens with two attached hydrogens (primary N) is 1. The molecule has 0 saturated carbocycles. The van der Waals surface area contributed by atoms with E-state index in [-0.39, 0.29) is 0 Å². The first kappa shape index (κ1) is 8.81. The van der Waals surface area contributed by atoms with Gasteiger partial charge in [-0.2, -0.15) is 0 Å². The molecule has 2 rings (SSSR count). The number of rotatable bonds is 1. The van der Waals surface area contributed by atoms with Crippen LogP contribution >= 0.6 is 0 Å². The third-order valence-electron chi connectivity index (χ3n) is 2.31. The van der Waals surface area contributed by atoms with Crippen LogP contribution in [-0.2, 0) is 0 Å². The Morgan fingerprint density at radius 1 is 1.36 bits per heavy atom. The summed E-state index contributed by atoms with van der Waals surface area (Å²) in [4.78, 5) is 4.04. The summed E-state index contributed by atoms with van der Waals surface area (Å²) in [6.45, 7) is 1.99. The van der Waals surface area contributed by atoms with Crippen molar-refractivity contribution in [3.8, 4) is 5.75 Å². The topological polar surface area (TPSA) is 48.1 Å². The molecule has 0 fully saturated rings. The molecule has 2 N–H and O–H groups in total. The maximum Gasteiger partial charge on any atom is 0.131 e. The number of benzene rings is 1. The molecule has 3 heteroatoms. The van der Waals surface area contributed by atoms with Crippen molar-refractivity contribution in [3.63, 3.8) is 0 Å². The highest BCUT2D eigenvalue weighted by molar-refractivity contribution is 5.92. The monoisotopic (exact) mass is 188 g/mol. The molecule has 0 spiro atoms. The lowest BCUT2D eigenvalue weighted by Crippen LogP contribution is -1.93. The van der Waals surface area contributed by atoms with E-state index in [0.717, 1.165) is 22.1 Å². The summed E-state index contributed by atoms with van der Waals surface area (Å²) in [6, 6.07) is 5.90. The summed E-state index contributed by atoms with van der Waals surface area (Å²) >= 11 is 0. The van der Waals surface area contributed by atoms with E-state index >= 15 is 0 Å². The van der Waals surface area contributed by atoms with Gasteiger partial charge >= 0.3 is 0 Å². The molecule has 0 atom stereocenters.